The molecule has 2 unspecified atom stereocenters. The van der Waals surface area contributed by atoms with Crippen LogP contribution in [0.4, 0.5) is 0 Å². The molecule has 0 saturated carbocycles. The second-order valence-corrected chi connectivity index (χ2v) is 6.21. The molecule has 2 nitrogen and oxygen atoms in total. The lowest BCUT2D eigenvalue weighted by Gasteiger charge is -2.31. The Bertz CT molecular complexity index is 346. The number of rotatable bonds is 5. The van der Waals surface area contributed by atoms with Crippen LogP contribution in [0, 0.1) is 9.49 Å². The van der Waals surface area contributed by atoms with Crippen LogP contribution in [0.1, 0.15) is 37.8 Å². The Morgan fingerprint density at radius 1 is 1.39 bits per heavy atom. The topological polar surface area (TPSA) is 21.3 Å². The Balaban J connectivity index is 2.10. The van der Waals surface area contributed by atoms with Crippen molar-refractivity contribution in [2.75, 3.05) is 19.8 Å². The molecule has 1 N–H and O–H groups in total. The molecule has 1 aliphatic rings. The summed E-state index contributed by atoms with van der Waals surface area (Å²) in [6.07, 6.45) is 3.64. The van der Waals surface area contributed by atoms with Crippen molar-refractivity contribution in [3.05, 3.63) is 33.4 Å². The minimum absolute atomic E-state index is 0.447. The van der Waals surface area contributed by atoms with E-state index in [1.807, 2.05) is 0 Å². The van der Waals surface area contributed by atoms with Crippen LogP contribution in [-0.2, 0) is 4.74 Å². The number of halogens is 1. The highest BCUT2D eigenvalue weighted by atomic mass is 127. The minimum Gasteiger partial charge on any atom is -0.381 e. The predicted octanol–water partition coefficient (Wildman–Crippen LogP) is 3.76. The summed E-state index contributed by atoms with van der Waals surface area (Å²) in [5.41, 5.74) is 1.40. The first-order chi connectivity index (χ1) is 8.81. The van der Waals surface area contributed by atoms with Gasteiger partial charge in [-0.1, -0.05) is 19.1 Å². The van der Waals surface area contributed by atoms with E-state index < -0.39 is 0 Å². The van der Waals surface area contributed by atoms with E-state index in [2.05, 4.69) is 59.1 Å². The van der Waals surface area contributed by atoms with Gasteiger partial charge in [-0.15, -0.1) is 0 Å². The summed E-state index contributed by atoms with van der Waals surface area (Å²) >= 11 is 2.36. The predicted molar refractivity (Wildman–Crippen MR) is 83.7 cm³/mol. The monoisotopic (exact) mass is 359 g/mol. The Labute approximate surface area is 124 Å². The Morgan fingerprint density at radius 3 is 2.78 bits per heavy atom. The maximum Gasteiger partial charge on any atom is 0.0512 e. The van der Waals surface area contributed by atoms with E-state index in [9.17, 15) is 0 Å². The first kappa shape index (κ1) is 14.3. The molecule has 18 heavy (non-hydrogen) atoms. The van der Waals surface area contributed by atoms with Gasteiger partial charge in [0.25, 0.3) is 0 Å². The van der Waals surface area contributed by atoms with E-state index >= 15 is 0 Å². The summed E-state index contributed by atoms with van der Waals surface area (Å²) < 4.78 is 6.94. The maximum atomic E-state index is 5.65. The van der Waals surface area contributed by atoms with E-state index in [4.69, 9.17) is 4.74 Å². The van der Waals surface area contributed by atoms with Crippen LogP contribution in [0.15, 0.2) is 24.3 Å². The molecule has 0 aromatic heterocycles. The fourth-order valence-corrected chi connectivity index (χ4v) is 2.91. The van der Waals surface area contributed by atoms with Crippen LogP contribution in [0.2, 0.25) is 0 Å². The lowest BCUT2D eigenvalue weighted by Crippen LogP contribution is -2.33. The highest BCUT2D eigenvalue weighted by Crippen LogP contribution is 2.29. The smallest absolute Gasteiger partial charge is 0.0512 e. The summed E-state index contributed by atoms with van der Waals surface area (Å²) in [6, 6.07) is 9.34. The average molecular weight is 359 g/mol. The molecule has 1 aromatic carbocycles. The van der Waals surface area contributed by atoms with Gasteiger partial charge in [0.05, 0.1) is 6.61 Å². The largest absolute Gasteiger partial charge is 0.381 e. The number of ether oxygens (including phenoxy) is 1. The van der Waals surface area contributed by atoms with Gasteiger partial charge in [0.2, 0.25) is 0 Å². The molecular formula is C15H22INO. The van der Waals surface area contributed by atoms with Crippen molar-refractivity contribution in [3.63, 3.8) is 0 Å². The fraction of sp³-hybridized carbons (Fsp3) is 0.600. The molecular weight excluding hydrogens is 337 g/mol. The van der Waals surface area contributed by atoms with Gasteiger partial charge >= 0.3 is 0 Å². The molecule has 1 heterocycles. The van der Waals surface area contributed by atoms with Gasteiger partial charge in [-0.3, -0.25) is 0 Å². The van der Waals surface area contributed by atoms with Crippen molar-refractivity contribution in [1.82, 2.24) is 5.32 Å². The second kappa shape index (κ2) is 7.46. The van der Waals surface area contributed by atoms with Crippen LogP contribution in [0.25, 0.3) is 0 Å². The van der Waals surface area contributed by atoms with Gasteiger partial charge in [-0.2, -0.15) is 0 Å². The lowest BCUT2D eigenvalue weighted by molar-refractivity contribution is 0.0390. The molecule has 0 amide bonds. The Hall–Kier alpha value is -0.130. The van der Waals surface area contributed by atoms with Crippen molar-refractivity contribution in [2.45, 2.75) is 32.2 Å². The van der Waals surface area contributed by atoms with E-state index in [1.54, 1.807) is 0 Å². The Kier molecular flexibility index (Phi) is 5.92. The van der Waals surface area contributed by atoms with Gasteiger partial charge < -0.3 is 10.1 Å². The van der Waals surface area contributed by atoms with Crippen LogP contribution in [0.3, 0.4) is 0 Å². The van der Waals surface area contributed by atoms with Crippen LogP contribution < -0.4 is 5.32 Å². The lowest BCUT2D eigenvalue weighted by atomic mass is 9.88. The highest BCUT2D eigenvalue weighted by Gasteiger charge is 2.24. The molecule has 1 saturated heterocycles. The molecule has 1 fully saturated rings. The van der Waals surface area contributed by atoms with Crippen molar-refractivity contribution in [2.24, 2.45) is 5.92 Å². The van der Waals surface area contributed by atoms with Gasteiger partial charge in [0.1, 0.15) is 0 Å². The molecule has 0 aliphatic carbocycles. The molecule has 1 aromatic rings. The molecule has 1 aliphatic heterocycles. The zero-order valence-corrected chi connectivity index (χ0v) is 13.2. The summed E-state index contributed by atoms with van der Waals surface area (Å²) in [6.45, 7) is 5.12. The zero-order chi connectivity index (χ0) is 12.8. The standard InChI is InChI=1S/C15H22INO/c1-2-9-17-15(13-4-3-10-18-11-13)12-5-7-14(16)8-6-12/h5-8,13,15,17H,2-4,9-11H2,1H3. The molecule has 2 rings (SSSR count). The van der Waals surface area contributed by atoms with E-state index in [0.717, 1.165) is 19.8 Å². The number of nitrogens with one attached hydrogen (secondary N) is 1. The quantitative estimate of drug-likeness (QED) is 0.809. The van der Waals surface area contributed by atoms with Gasteiger partial charge in [0.15, 0.2) is 0 Å². The minimum atomic E-state index is 0.447. The van der Waals surface area contributed by atoms with E-state index in [1.165, 1.54) is 28.4 Å². The van der Waals surface area contributed by atoms with Crippen molar-refractivity contribution in [3.8, 4) is 0 Å². The fourth-order valence-electron chi connectivity index (χ4n) is 2.56. The third-order valence-corrected chi connectivity index (χ3v) is 4.23. The van der Waals surface area contributed by atoms with Gasteiger partial charge in [-0.05, 0) is 66.1 Å². The Morgan fingerprint density at radius 2 is 2.17 bits per heavy atom. The molecule has 0 spiro atoms. The summed E-state index contributed by atoms with van der Waals surface area (Å²) in [4.78, 5) is 0. The van der Waals surface area contributed by atoms with Crippen LogP contribution in [-0.4, -0.2) is 19.8 Å². The third-order valence-electron chi connectivity index (χ3n) is 3.51. The first-order valence-electron chi connectivity index (χ1n) is 6.88. The molecule has 100 valence electrons. The maximum absolute atomic E-state index is 5.65. The summed E-state index contributed by atoms with van der Waals surface area (Å²) in [7, 11) is 0. The first-order valence-corrected chi connectivity index (χ1v) is 7.95. The van der Waals surface area contributed by atoms with Crippen molar-refractivity contribution in [1.29, 1.82) is 0 Å². The van der Waals surface area contributed by atoms with Gasteiger partial charge in [-0.25, -0.2) is 0 Å². The van der Waals surface area contributed by atoms with Gasteiger partial charge in [0, 0.05) is 22.1 Å². The highest BCUT2D eigenvalue weighted by molar-refractivity contribution is 14.1. The van der Waals surface area contributed by atoms with E-state index in [0.29, 0.717) is 12.0 Å². The molecule has 2 atom stereocenters. The summed E-state index contributed by atoms with van der Waals surface area (Å²) in [5, 5.41) is 3.69. The second-order valence-electron chi connectivity index (χ2n) is 4.96. The van der Waals surface area contributed by atoms with Crippen molar-refractivity contribution < 1.29 is 4.74 Å². The third kappa shape index (κ3) is 3.93. The van der Waals surface area contributed by atoms with E-state index in [-0.39, 0.29) is 0 Å². The SMILES string of the molecule is CCCNC(c1ccc(I)cc1)C1CCCOC1. The normalized spacial score (nSPS) is 21.8. The van der Waals surface area contributed by atoms with Crippen LogP contribution >= 0.6 is 22.6 Å². The number of hydrogen-bond donors (Lipinski definition) is 1. The molecule has 0 radical (unpaired) electrons. The van der Waals surface area contributed by atoms with Crippen molar-refractivity contribution >= 4 is 22.6 Å². The number of benzene rings is 1. The summed E-state index contributed by atoms with van der Waals surface area (Å²) in [5.74, 6) is 0.616. The molecule has 3 heteroatoms. The molecule has 0 bridgehead atoms. The number of hydrogen-bond acceptors (Lipinski definition) is 2. The zero-order valence-electron chi connectivity index (χ0n) is 11.0. The van der Waals surface area contributed by atoms with Crippen LogP contribution in [0.5, 0.6) is 0 Å². The average Bonchev–Trinajstić information content (AvgIpc) is 2.42.